The highest BCUT2D eigenvalue weighted by atomic mass is 35.5. The first-order valence-corrected chi connectivity index (χ1v) is 9.52. The Balaban J connectivity index is 1.50. The average Bonchev–Trinajstić information content (AvgIpc) is 3.13. The minimum absolute atomic E-state index is 0.247. The van der Waals surface area contributed by atoms with Crippen LogP contribution >= 0.6 is 22.9 Å². The first kappa shape index (κ1) is 19.1. The molecule has 1 heterocycles. The van der Waals surface area contributed by atoms with Gasteiger partial charge in [-0.05, 0) is 47.9 Å². The minimum Gasteiger partial charge on any atom is -0.497 e. The van der Waals surface area contributed by atoms with Crippen molar-refractivity contribution in [3.63, 3.8) is 0 Å². The lowest BCUT2D eigenvalue weighted by Crippen LogP contribution is -2.07. The summed E-state index contributed by atoms with van der Waals surface area (Å²) in [6, 6.07) is 15.2. The van der Waals surface area contributed by atoms with Gasteiger partial charge in [0, 0.05) is 17.5 Å². The molecule has 1 N–H and O–H groups in total. The number of amides is 1. The molecule has 0 unspecified atom stereocenters. The van der Waals surface area contributed by atoms with Crippen molar-refractivity contribution in [3.8, 4) is 5.75 Å². The molecule has 0 aliphatic carbocycles. The van der Waals surface area contributed by atoms with Crippen molar-refractivity contribution >= 4 is 40.1 Å². The molecular weight excluding hydrogens is 382 g/mol. The Morgan fingerprint density at radius 1 is 1.11 bits per heavy atom. The van der Waals surface area contributed by atoms with Gasteiger partial charge in [-0.2, -0.15) is 0 Å². The van der Waals surface area contributed by atoms with Gasteiger partial charge in [0.05, 0.1) is 7.11 Å². The molecule has 0 spiro atoms. The molecule has 0 aliphatic rings. The summed E-state index contributed by atoms with van der Waals surface area (Å²) in [5, 5.41) is 12.9. The summed E-state index contributed by atoms with van der Waals surface area (Å²) in [4.78, 5) is 12.0. The Labute approximate surface area is 166 Å². The zero-order chi connectivity index (χ0) is 19.1. The molecule has 0 fully saturated rings. The van der Waals surface area contributed by atoms with Crippen molar-refractivity contribution in [3.05, 3.63) is 75.8 Å². The second-order valence-electron chi connectivity index (χ2n) is 5.72. The molecule has 1 amide bonds. The quantitative estimate of drug-likeness (QED) is 0.588. The summed E-state index contributed by atoms with van der Waals surface area (Å²) in [6.45, 7) is 0. The maximum absolute atomic E-state index is 12.0. The number of rotatable bonds is 7. The van der Waals surface area contributed by atoms with Crippen LogP contribution in [0.3, 0.4) is 0 Å². The monoisotopic (exact) mass is 399 g/mol. The number of methoxy groups -OCH3 is 1. The van der Waals surface area contributed by atoms with E-state index in [1.807, 2.05) is 36.4 Å². The molecular formula is C20H18ClN3O2S. The fourth-order valence-corrected chi connectivity index (χ4v) is 3.21. The van der Waals surface area contributed by atoms with Crippen LogP contribution in [0.2, 0.25) is 5.02 Å². The SMILES string of the molecule is COc1ccc(CCc2nnc(NC(=O)/C=C/c3ccc(Cl)cc3)s2)cc1. The highest BCUT2D eigenvalue weighted by molar-refractivity contribution is 7.15. The largest absolute Gasteiger partial charge is 0.497 e. The van der Waals surface area contributed by atoms with Gasteiger partial charge >= 0.3 is 0 Å². The van der Waals surface area contributed by atoms with Crippen LogP contribution in [0.1, 0.15) is 16.1 Å². The van der Waals surface area contributed by atoms with E-state index in [-0.39, 0.29) is 5.91 Å². The Hall–Kier alpha value is -2.70. The summed E-state index contributed by atoms with van der Waals surface area (Å²) < 4.78 is 5.15. The maximum Gasteiger partial charge on any atom is 0.250 e. The van der Waals surface area contributed by atoms with Crippen molar-refractivity contribution in [2.24, 2.45) is 0 Å². The number of aromatic nitrogens is 2. The van der Waals surface area contributed by atoms with Crippen molar-refractivity contribution in [1.29, 1.82) is 0 Å². The van der Waals surface area contributed by atoms with E-state index in [2.05, 4.69) is 15.5 Å². The van der Waals surface area contributed by atoms with Crippen LogP contribution in [0.15, 0.2) is 54.6 Å². The van der Waals surface area contributed by atoms with E-state index >= 15 is 0 Å². The third-order valence-corrected chi connectivity index (χ3v) is 4.93. The molecule has 0 bridgehead atoms. The van der Waals surface area contributed by atoms with Crippen molar-refractivity contribution < 1.29 is 9.53 Å². The molecule has 5 nitrogen and oxygen atoms in total. The summed E-state index contributed by atoms with van der Waals surface area (Å²) >= 11 is 7.22. The predicted molar refractivity (Wildman–Crippen MR) is 109 cm³/mol. The average molecular weight is 400 g/mol. The van der Waals surface area contributed by atoms with Gasteiger partial charge in [-0.1, -0.05) is 47.2 Å². The molecule has 1 aromatic heterocycles. The number of benzene rings is 2. The van der Waals surface area contributed by atoms with Gasteiger partial charge in [-0.15, -0.1) is 10.2 Å². The molecule has 0 radical (unpaired) electrons. The molecule has 138 valence electrons. The molecule has 7 heteroatoms. The van der Waals surface area contributed by atoms with E-state index < -0.39 is 0 Å². The lowest BCUT2D eigenvalue weighted by atomic mass is 10.1. The molecule has 0 aliphatic heterocycles. The minimum atomic E-state index is -0.247. The predicted octanol–water partition coefficient (Wildman–Crippen LogP) is 4.64. The molecule has 3 rings (SSSR count). The number of anilines is 1. The van der Waals surface area contributed by atoms with Gasteiger partial charge < -0.3 is 4.74 Å². The Morgan fingerprint density at radius 3 is 2.56 bits per heavy atom. The zero-order valence-electron chi connectivity index (χ0n) is 14.7. The summed E-state index contributed by atoms with van der Waals surface area (Å²) in [6.07, 6.45) is 4.79. The number of hydrogen-bond acceptors (Lipinski definition) is 5. The number of hydrogen-bond donors (Lipinski definition) is 1. The van der Waals surface area contributed by atoms with Crippen LogP contribution in [0.25, 0.3) is 6.08 Å². The smallest absolute Gasteiger partial charge is 0.250 e. The Bertz CT molecular complexity index is 921. The lowest BCUT2D eigenvalue weighted by molar-refractivity contribution is -0.111. The van der Waals surface area contributed by atoms with Crippen LogP contribution in [-0.4, -0.2) is 23.2 Å². The molecule has 0 saturated carbocycles. The van der Waals surface area contributed by atoms with Crippen LogP contribution < -0.4 is 10.1 Å². The van der Waals surface area contributed by atoms with E-state index in [0.717, 1.165) is 29.2 Å². The fourth-order valence-electron chi connectivity index (χ4n) is 2.34. The Kier molecular flexibility index (Phi) is 6.57. The Morgan fingerprint density at radius 2 is 1.85 bits per heavy atom. The van der Waals surface area contributed by atoms with Crippen LogP contribution in [0.5, 0.6) is 5.75 Å². The third-order valence-electron chi connectivity index (χ3n) is 3.78. The van der Waals surface area contributed by atoms with Gasteiger partial charge in [-0.25, -0.2) is 0 Å². The number of carbonyl (C=O) groups excluding carboxylic acids is 1. The normalized spacial score (nSPS) is 10.9. The lowest BCUT2D eigenvalue weighted by Gasteiger charge is -2.01. The van der Waals surface area contributed by atoms with E-state index in [1.165, 1.54) is 23.0 Å². The number of aryl methyl sites for hydroxylation is 2. The standard InChI is InChI=1S/C20H18ClN3O2S/c1-26-17-10-4-15(5-11-17)7-13-19-23-24-20(27-19)22-18(25)12-6-14-2-8-16(21)9-3-14/h2-6,8-12H,7,13H2,1H3,(H,22,24,25)/b12-6+. The molecule has 0 saturated heterocycles. The van der Waals surface area contributed by atoms with E-state index in [4.69, 9.17) is 16.3 Å². The topological polar surface area (TPSA) is 64.1 Å². The molecule has 2 aromatic carbocycles. The van der Waals surface area contributed by atoms with Crippen molar-refractivity contribution in [2.75, 3.05) is 12.4 Å². The number of nitrogens with one attached hydrogen (secondary N) is 1. The number of nitrogens with zero attached hydrogens (tertiary/aromatic N) is 2. The van der Waals surface area contributed by atoms with Gasteiger partial charge in [0.1, 0.15) is 10.8 Å². The maximum atomic E-state index is 12.0. The highest BCUT2D eigenvalue weighted by Gasteiger charge is 2.07. The van der Waals surface area contributed by atoms with Gasteiger partial charge in [0.15, 0.2) is 0 Å². The summed E-state index contributed by atoms with van der Waals surface area (Å²) in [5.74, 6) is 0.592. The molecule has 0 atom stereocenters. The van der Waals surface area contributed by atoms with E-state index in [0.29, 0.717) is 10.2 Å². The first-order chi connectivity index (χ1) is 13.1. The van der Waals surface area contributed by atoms with E-state index in [9.17, 15) is 4.79 Å². The zero-order valence-corrected chi connectivity index (χ0v) is 16.3. The second kappa shape index (κ2) is 9.30. The number of ether oxygens (including phenoxy) is 1. The third kappa shape index (κ3) is 5.91. The van der Waals surface area contributed by atoms with Crippen LogP contribution in [0, 0.1) is 0 Å². The van der Waals surface area contributed by atoms with E-state index in [1.54, 1.807) is 25.3 Å². The highest BCUT2D eigenvalue weighted by Crippen LogP contribution is 2.18. The van der Waals surface area contributed by atoms with Gasteiger partial charge in [0.25, 0.3) is 0 Å². The fraction of sp³-hybridized carbons (Fsp3) is 0.150. The summed E-state index contributed by atoms with van der Waals surface area (Å²) in [7, 11) is 1.65. The van der Waals surface area contributed by atoms with Gasteiger partial charge in [0.2, 0.25) is 11.0 Å². The van der Waals surface area contributed by atoms with Crippen molar-refractivity contribution in [1.82, 2.24) is 10.2 Å². The van der Waals surface area contributed by atoms with Crippen LogP contribution in [-0.2, 0) is 17.6 Å². The van der Waals surface area contributed by atoms with Gasteiger partial charge in [-0.3, -0.25) is 10.1 Å². The number of halogens is 1. The number of carbonyl (C=O) groups is 1. The molecule has 27 heavy (non-hydrogen) atoms. The van der Waals surface area contributed by atoms with Crippen LogP contribution in [0.4, 0.5) is 5.13 Å². The second-order valence-corrected chi connectivity index (χ2v) is 7.22. The first-order valence-electron chi connectivity index (χ1n) is 8.32. The molecule has 3 aromatic rings. The van der Waals surface area contributed by atoms with Crippen molar-refractivity contribution in [2.45, 2.75) is 12.8 Å². The summed E-state index contributed by atoms with van der Waals surface area (Å²) in [5.41, 5.74) is 2.09.